The van der Waals surface area contributed by atoms with Crippen LogP contribution in [0.1, 0.15) is 15.8 Å². The Morgan fingerprint density at radius 1 is 1.65 bits per heavy atom. The molecule has 4 nitrogen and oxygen atoms in total. The molecule has 1 atom stereocenters. The zero-order chi connectivity index (χ0) is 12.4. The van der Waals surface area contributed by atoms with Gasteiger partial charge in [0.05, 0.1) is 5.75 Å². The molecule has 0 spiro atoms. The van der Waals surface area contributed by atoms with Crippen LogP contribution < -0.4 is 5.32 Å². The van der Waals surface area contributed by atoms with E-state index < -0.39 is 0 Å². The van der Waals surface area contributed by atoms with E-state index in [1.165, 1.54) is 10.4 Å². The highest BCUT2D eigenvalue weighted by molar-refractivity contribution is 8.00. The Hall–Kier alpha value is -1.01. The smallest absolute Gasteiger partial charge is 0.239 e. The summed E-state index contributed by atoms with van der Waals surface area (Å²) in [7, 11) is 1.58. The summed E-state index contributed by atoms with van der Waals surface area (Å²) < 4.78 is 0. The maximum atomic E-state index is 11.8. The number of hydrogen-bond donors (Lipinski definition) is 1. The second-order valence-electron chi connectivity index (χ2n) is 3.83. The molecule has 6 heteroatoms. The summed E-state index contributed by atoms with van der Waals surface area (Å²) in [5, 5.41) is 4.57. The monoisotopic (exact) mass is 270 g/mol. The van der Waals surface area contributed by atoms with Crippen molar-refractivity contribution in [3.05, 3.63) is 21.9 Å². The van der Waals surface area contributed by atoms with E-state index in [1.807, 2.05) is 18.4 Å². The maximum Gasteiger partial charge on any atom is 0.239 e. The zero-order valence-electron chi connectivity index (χ0n) is 9.73. The number of hydrogen-bond acceptors (Lipinski definition) is 4. The van der Waals surface area contributed by atoms with Crippen molar-refractivity contribution >= 4 is 34.9 Å². The van der Waals surface area contributed by atoms with Crippen molar-refractivity contribution in [3.8, 4) is 0 Å². The van der Waals surface area contributed by atoms with Crippen molar-refractivity contribution in [1.82, 2.24) is 10.2 Å². The van der Waals surface area contributed by atoms with Gasteiger partial charge >= 0.3 is 0 Å². The predicted molar refractivity (Wildman–Crippen MR) is 70.0 cm³/mol. The van der Waals surface area contributed by atoms with Crippen LogP contribution in [0.15, 0.2) is 11.4 Å². The van der Waals surface area contributed by atoms with Gasteiger partial charge in [0.25, 0.3) is 0 Å². The van der Waals surface area contributed by atoms with Crippen LogP contribution in [0.5, 0.6) is 0 Å². The minimum Gasteiger partial charge on any atom is -0.358 e. The van der Waals surface area contributed by atoms with Gasteiger partial charge in [0.2, 0.25) is 11.8 Å². The SMILES string of the molecule is CNC(=O)CN1C(=O)CSC1c1sccc1C. The fraction of sp³-hybridized carbons (Fsp3) is 0.455. The van der Waals surface area contributed by atoms with Crippen molar-refractivity contribution < 1.29 is 9.59 Å². The number of carbonyl (C=O) groups is 2. The second kappa shape index (κ2) is 5.10. The first-order valence-electron chi connectivity index (χ1n) is 5.29. The van der Waals surface area contributed by atoms with Gasteiger partial charge in [-0.3, -0.25) is 9.59 Å². The summed E-state index contributed by atoms with van der Waals surface area (Å²) in [6, 6.07) is 2.04. The molecule has 0 aromatic carbocycles. The van der Waals surface area contributed by atoms with E-state index in [0.29, 0.717) is 5.75 Å². The number of thiophene rings is 1. The molecule has 1 aliphatic rings. The lowest BCUT2D eigenvalue weighted by Gasteiger charge is -2.22. The molecule has 92 valence electrons. The minimum absolute atomic E-state index is 0.000185. The highest BCUT2D eigenvalue weighted by Gasteiger charge is 2.35. The van der Waals surface area contributed by atoms with Gasteiger partial charge in [0.1, 0.15) is 11.9 Å². The number of aryl methyl sites for hydroxylation is 1. The van der Waals surface area contributed by atoms with Crippen LogP contribution >= 0.6 is 23.1 Å². The van der Waals surface area contributed by atoms with Gasteiger partial charge < -0.3 is 10.2 Å². The maximum absolute atomic E-state index is 11.8. The van der Waals surface area contributed by atoms with Crippen LogP contribution in [-0.4, -0.2) is 36.1 Å². The van der Waals surface area contributed by atoms with Crippen molar-refractivity contribution in [2.24, 2.45) is 0 Å². The number of nitrogens with one attached hydrogen (secondary N) is 1. The fourth-order valence-electron chi connectivity index (χ4n) is 1.71. The standard InChI is InChI=1S/C11H14N2O2S2/c1-7-3-4-16-10(7)11-13(5-8(14)12-2)9(15)6-17-11/h3-4,11H,5-6H2,1-2H3,(H,12,14). The highest BCUT2D eigenvalue weighted by atomic mass is 32.2. The van der Waals surface area contributed by atoms with Gasteiger partial charge in [-0.05, 0) is 23.9 Å². The molecule has 2 heterocycles. The van der Waals surface area contributed by atoms with E-state index >= 15 is 0 Å². The van der Waals surface area contributed by atoms with Crippen molar-refractivity contribution in [2.45, 2.75) is 12.3 Å². The topological polar surface area (TPSA) is 49.4 Å². The molecule has 1 unspecified atom stereocenters. The average Bonchev–Trinajstić information content (AvgIpc) is 2.87. The summed E-state index contributed by atoms with van der Waals surface area (Å²) in [4.78, 5) is 26.0. The Morgan fingerprint density at radius 2 is 2.41 bits per heavy atom. The zero-order valence-corrected chi connectivity index (χ0v) is 11.4. The first-order valence-corrected chi connectivity index (χ1v) is 7.22. The number of carbonyl (C=O) groups excluding carboxylic acids is 2. The van der Waals surface area contributed by atoms with Crippen LogP contribution in [0, 0.1) is 6.92 Å². The number of thioether (sulfide) groups is 1. The third-order valence-corrected chi connectivity index (χ3v) is 5.13. The van der Waals surface area contributed by atoms with Crippen LogP contribution in [0.2, 0.25) is 0 Å². The number of likely N-dealkylation sites (N-methyl/N-ethyl adjacent to an activating group) is 1. The third-order valence-electron chi connectivity index (χ3n) is 2.69. The summed E-state index contributed by atoms with van der Waals surface area (Å²) in [5.41, 5.74) is 1.18. The van der Waals surface area contributed by atoms with E-state index in [4.69, 9.17) is 0 Å². The van der Waals surface area contributed by atoms with E-state index in [2.05, 4.69) is 5.32 Å². The highest BCUT2D eigenvalue weighted by Crippen LogP contribution is 2.41. The largest absolute Gasteiger partial charge is 0.358 e. The average molecular weight is 270 g/mol. The Morgan fingerprint density at radius 3 is 3.00 bits per heavy atom. The van der Waals surface area contributed by atoms with Gasteiger partial charge in [0, 0.05) is 11.9 Å². The van der Waals surface area contributed by atoms with E-state index in [9.17, 15) is 9.59 Å². The Kier molecular flexibility index (Phi) is 3.73. The quantitative estimate of drug-likeness (QED) is 0.902. The molecular weight excluding hydrogens is 256 g/mol. The van der Waals surface area contributed by atoms with Crippen LogP contribution in [0.25, 0.3) is 0 Å². The predicted octanol–water partition coefficient (Wildman–Crippen LogP) is 1.38. The molecule has 1 saturated heterocycles. The van der Waals surface area contributed by atoms with E-state index in [1.54, 1.807) is 35.0 Å². The molecule has 2 amide bonds. The van der Waals surface area contributed by atoms with E-state index in [0.717, 1.165) is 0 Å². The molecule has 0 radical (unpaired) electrons. The van der Waals surface area contributed by atoms with Gasteiger partial charge in [-0.15, -0.1) is 23.1 Å². The fourth-order valence-corrected chi connectivity index (χ4v) is 4.18. The molecule has 1 aromatic heterocycles. The first kappa shape index (κ1) is 12.4. The molecule has 1 fully saturated rings. The van der Waals surface area contributed by atoms with Crippen molar-refractivity contribution in [3.63, 3.8) is 0 Å². The molecule has 2 rings (SSSR count). The molecule has 0 aliphatic carbocycles. The van der Waals surface area contributed by atoms with Crippen molar-refractivity contribution in [1.29, 1.82) is 0 Å². The molecule has 0 saturated carbocycles. The van der Waals surface area contributed by atoms with E-state index in [-0.39, 0.29) is 23.7 Å². The van der Waals surface area contributed by atoms with Crippen molar-refractivity contribution in [2.75, 3.05) is 19.3 Å². The van der Waals surface area contributed by atoms with Crippen LogP contribution in [-0.2, 0) is 9.59 Å². The lowest BCUT2D eigenvalue weighted by Crippen LogP contribution is -2.37. The molecular formula is C11H14N2O2S2. The summed E-state index contributed by atoms with van der Waals surface area (Å²) in [6.07, 6.45) is 0. The van der Waals surface area contributed by atoms with Crippen LogP contribution in [0.3, 0.4) is 0 Å². The summed E-state index contributed by atoms with van der Waals surface area (Å²) in [6.45, 7) is 2.18. The lowest BCUT2D eigenvalue weighted by atomic mass is 10.2. The van der Waals surface area contributed by atoms with Gasteiger partial charge in [-0.1, -0.05) is 0 Å². The minimum atomic E-state index is -0.125. The summed E-state index contributed by atoms with van der Waals surface area (Å²) in [5.74, 6) is 0.371. The Balaban J connectivity index is 2.19. The lowest BCUT2D eigenvalue weighted by molar-refractivity contribution is -0.133. The molecule has 1 aliphatic heterocycles. The number of amides is 2. The molecule has 17 heavy (non-hydrogen) atoms. The number of rotatable bonds is 3. The Labute approximate surface area is 108 Å². The molecule has 1 aromatic rings. The molecule has 1 N–H and O–H groups in total. The van der Waals surface area contributed by atoms with Gasteiger partial charge in [-0.25, -0.2) is 0 Å². The third kappa shape index (κ3) is 2.47. The van der Waals surface area contributed by atoms with Crippen LogP contribution in [0.4, 0.5) is 0 Å². The summed E-state index contributed by atoms with van der Waals surface area (Å²) >= 11 is 3.23. The first-order chi connectivity index (χ1) is 8.13. The van der Waals surface area contributed by atoms with Gasteiger partial charge in [-0.2, -0.15) is 0 Å². The number of nitrogens with zero attached hydrogens (tertiary/aromatic N) is 1. The molecule has 0 bridgehead atoms. The van der Waals surface area contributed by atoms with Gasteiger partial charge in [0.15, 0.2) is 0 Å². The Bertz CT molecular complexity index is 444. The normalized spacial score (nSPS) is 19.8. The second-order valence-corrected chi connectivity index (χ2v) is 5.84.